The van der Waals surface area contributed by atoms with Crippen LogP contribution < -0.4 is 0 Å². The number of likely N-dealkylation sites (tertiary alicyclic amines) is 1. The van der Waals surface area contributed by atoms with Crippen molar-refractivity contribution in [3.05, 3.63) is 66.2 Å². The zero-order valence-electron chi connectivity index (χ0n) is 18.3. The van der Waals surface area contributed by atoms with E-state index in [-0.39, 0.29) is 5.91 Å². The van der Waals surface area contributed by atoms with E-state index >= 15 is 0 Å². The Morgan fingerprint density at radius 3 is 2.87 bits per heavy atom. The molecule has 0 N–H and O–H groups in total. The van der Waals surface area contributed by atoms with E-state index in [4.69, 9.17) is 0 Å². The summed E-state index contributed by atoms with van der Waals surface area (Å²) in [5.41, 5.74) is 4.21. The van der Waals surface area contributed by atoms with Crippen molar-refractivity contribution in [1.29, 1.82) is 0 Å². The lowest BCUT2D eigenvalue weighted by molar-refractivity contribution is -0.130. The lowest BCUT2D eigenvalue weighted by atomic mass is 9.92. The number of hydrogen-bond donors (Lipinski definition) is 0. The smallest absolute Gasteiger partial charge is 0.222 e. The van der Waals surface area contributed by atoms with Gasteiger partial charge in [0.2, 0.25) is 5.91 Å². The number of aromatic nitrogens is 3. The number of pyridine rings is 1. The minimum atomic E-state index is 0.234. The van der Waals surface area contributed by atoms with Crippen molar-refractivity contribution in [3.63, 3.8) is 0 Å². The highest BCUT2D eigenvalue weighted by atomic mass is 16.2. The highest BCUT2D eigenvalue weighted by Crippen LogP contribution is 2.24. The van der Waals surface area contributed by atoms with Gasteiger partial charge in [-0.1, -0.05) is 18.2 Å². The van der Waals surface area contributed by atoms with Gasteiger partial charge in [0.25, 0.3) is 0 Å². The van der Waals surface area contributed by atoms with Gasteiger partial charge in [-0.05, 0) is 55.5 Å². The molecule has 1 amide bonds. The van der Waals surface area contributed by atoms with E-state index in [1.807, 2.05) is 36.2 Å². The number of likely N-dealkylation sites (N-methyl/N-ethyl adjacent to an activating group) is 1. The van der Waals surface area contributed by atoms with Gasteiger partial charge in [-0.2, -0.15) is 0 Å². The van der Waals surface area contributed by atoms with Gasteiger partial charge >= 0.3 is 0 Å². The third kappa shape index (κ3) is 5.85. The molecule has 3 heterocycles. The maximum absolute atomic E-state index is 12.6. The number of rotatable bonds is 8. The molecule has 1 aliphatic heterocycles. The van der Waals surface area contributed by atoms with Crippen LogP contribution in [0.1, 0.15) is 36.9 Å². The lowest BCUT2D eigenvalue weighted by Gasteiger charge is -2.33. The Kier molecular flexibility index (Phi) is 7.20. The van der Waals surface area contributed by atoms with E-state index in [9.17, 15) is 4.79 Å². The second-order valence-electron chi connectivity index (χ2n) is 8.51. The van der Waals surface area contributed by atoms with Crippen molar-refractivity contribution in [3.8, 4) is 0 Å². The predicted molar refractivity (Wildman–Crippen MR) is 122 cm³/mol. The Morgan fingerprint density at radius 1 is 1.10 bits per heavy atom. The third-order valence-electron chi connectivity index (χ3n) is 6.20. The molecule has 0 saturated carbocycles. The van der Waals surface area contributed by atoms with Crippen LogP contribution in [0.3, 0.4) is 0 Å². The van der Waals surface area contributed by atoms with Crippen LogP contribution in [0.5, 0.6) is 0 Å². The van der Waals surface area contributed by atoms with Crippen molar-refractivity contribution >= 4 is 16.9 Å². The summed E-state index contributed by atoms with van der Waals surface area (Å²) in [6.07, 6.45) is 10.1. The summed E-state index contributed by atoms with van der Waals surface area (Å²) in [5, 5.41) is 0. The summed E-state index contributed by atoms with van der Waals surface area (Å²) in [7, 11) is 1.90. The van der Waals surface area contributed by atoms with Crippen molar-refractivity contribution < 1.29 is 4.79 Å². The monoisotopic (exact) mass is 417 g/mol. The molecule has 0 aliphatic carbocycles. The first-order valence-electron chi connectivity index (χ1n) is 11.2. The number of fused-ring (bicyclic) bond motifs is 1. The molecule has 1 saturated heterocycles. The highest BCUT2D eigenvalue weighted by Gasteiger charge is 2.22. The van der Waals surface area contributed by atoms with Crippen molar-refractivity contribution in [2.45, 2.75) is 38.6 Å². The molecule has 1 aliphatic rings. The molecule has 3 aromatic rings. The quantitative estimate of drug-likeness (QED) is 0.559. The molecule has 31 heavy (non-hydrogen) atoms. The molecule has 2 aromatic heterocycles. The number of nitrogens with zero attached hydrogens (tertiary/aromatic N) is 5. The summed E-state index contributed by atoms with van der Waals surface area (Å²) in [4.78, 5) is 30.3. The fourth-order valence-corrected chi connectivity index (χ4v) is 4.42. The van der Waals surface area contributed by atoms with Crippen LogP contribution in [-0.2, 0) is 17.8 Å². The van der Waals surface area contributed by atoms with Gasteiger partial charge in [0.1, 0.15) is 0 Å². The summed E-state index contributed by atoms with van der Waals surface area (Å²) in [5.74, 6) is 0.806. The average Bonchev–Trinajstić information content (AvgIpc) is 2.82. The van der Waals surface area contributed by atoms with E-state index in [2.05, 4.69) is 32.0 Å². The first-order valence-corrected chi connectivity index (χ1v) is 11.2. The number of carbonyl (C=O) groups excluding carboxylic acids is 1. The Balaban J connectivity index is 1.25. The van der Waals surface area contributed by atoms with Crippen LogP contribution in [0, 0.1) is 5.92 Å². The standard InChI is InChI=1S/C25H31N5O/c1-29(17-12-22-8-2-3-13-26-22)24(31)11-10-20-6-5-16-30(18-20)19-21-7-4-9-23-25(21)28-15-14-27-23/h2-4,7-9,13-15,20H,5-6,10-12,16-19H2,1H3/t20-/m1/s1. The molecule has 6 heteroatoms. The molecule has 0 spiro atoms. The third-order valence-corrected chi connectivity index (χ3v) is 6.20. The summed E-state index contributed by atoms with van der Waals surface area (Å²) in [6, 6.07) is 12.1. The second-order valence-corrected chi connectivity index (χ2v) is 8.51. The number of benzene rings is 1. The first kappa shape index (κ1) is 21.4. The van der Waals surface area contributed by atoms with Gasteiger partial charge in [0.15, 0.2) is 0 Å². The summed E-state index contributed by atoms with van der Waals surface area (Å²) >= 11 is 0. The van der Waals surface area contributed by atoms with Gasteiger partial charge < -0.3 is 4.90 Å². The molecule has 1 atom stereocenters. The van der Waals surface area contributed by atoms with Crippen LogP contribution in [0.4, 0.5) is 0 Å². The Hall–Kier alpha value is -2.86. The maximum Gasteiger partial charge on any atom is 0.222 e. The zero-order chi connectivity index (χ0) is 21.5. The molecule has 6 nitrogen and oxygen atoms in total. The lowest BCUT2D eigenvalue weighted by Crippen LogP contribution is -2.36. The van der Waals surface area contributed by atoms with Gasteiger partial charge in [0.05, 0.1) is 11.0 Å². The van der Waals surface area contributed by atoms with Crippen LogP contribution in [-0.4, -0.2) is 57.3 Å². The largest absolute Gasteiger partial charge is 0.345 e. The number of amides is 1. The van der Waals surface area contributed by atoms with Gasteiger partial charge in [-0.3, -0.25) is 24.6 Å². The van der Waals surface area contributed by atoms with Crippen molar-refractivity contribution in [1.82, 2.24) is 24.8 Å². The van der Waals surface area contributed by atoms with Crippen LogP contribution >= 0.6 is 0 Å². The molecule has 1 fully saturated rings. The average molecular weight is 418 g/mol. The van der Waals surface area contributed by atoms with Crippen molar-refractivity contribution in [2.75, 3.05) is 26.7 Å². The molecule has 162 valence electrons. The molecular weight excluding hydrogens is 386 g/mol. The molecule has 0 radical (unpaired) electrons. The van der Waals surface area contributed by atoms with Gasteiger partial charge in [-0.15, -0.1) is 0 Å². The zero-order valence-corrected chi connectivity index (χ0v) is 18.3. The minimum absolute atomic E-state index is 0.234. The normalized spacial score (nSPS) is 17.0. The molecule has 0 unspecified atom stereocenters. The number of para-hydroxylation sites is 1. The first-order chi connectivity index (χ1) is 15.2. The fourth-order valence-electron chi connectivity index (χ4n) is 4.42. The molecule has 4 rings (SSSR count). The van der Waals surface area contributed by atoms with E-state index < -0.39 is 0 Å². The van der Waals surface area contributed by atoms with Gasteiger partial charge in [-0.25, -0.2) is 0 Å². The van der Waals surface area contributed by atoms with E-state index in [0.717, 1.165) is 55.7 Å². The number of hydrogen-bond acceptors (Lipinski definition) is 5. The Bertz CT molecular complexity index is 988. The van der Waals surface area contributed by atoms with E-state index in [0.29, 0.717) is 12.3 Å². The van der Waals surface area contributed by atoms with Crippen LogP contribution in [0.2, 0.25) is 0 Å². The summed E-state index contributed by atoms with van der Waals surface area (Å²) in [6.45, 7) is 3.76. The van der Waals surface area contributed by atoms with Crippen LogP contribution in [0.15, 0.2) is 55.0 Å². The SMILES string of the molecule is CN(CCc1ccccn1)C(=O)CC[C@H]1CCCN(Cc2cccc3nccnc23)C1. The van der Waals surface area contributed by atoms with Crippen LogP contribution in [0.25, 0.3) is 11.0 Å². The minimum Gasteiger partial charge on any atom is -0.345 e. The number of piperidine rings is 1. The topological polar surface area (TPSA) is 62.2 Å². The Labute approximate surface area is 184 Å². The molecule has 0 bridgehead atoms. The second kappa shape index (κ2) is 10.4. The molecular formula is C25H31N5O. The van der Waals surface area contributed by atoms with E-state index in [1.54, 1.807) is 18.6 Å². The Morgan fingerprint density at radius 2 is 2.00 bits per heavy atom. The highest BCUT2D eigenvalue weighted by molar-refractivity contribution is 5.77. The van der Waals surface area contributed by atoms with E-state index in [1.165, 1.54) is 18.4 Å². The predicted octanol–water partition coefficient (Wildman–Crippen LogP) is 3.72. The van der Waals surface area contributed by atoms with Crippen molar-refractivity contribution in [2.24, 2.45) is 5.92 Å². The maximum atomic E-state index is 12.6. The fraction of sp³-hybridized carbons (Fsp3) is 0.440. The molecule has 1 aromatic carbocycles. The number of carbonyl (C=O) groups is 1. The van der Waals surface area contributed by atoms with Gasteiger partial charge in [0, 0.05) is 63.8 Å². The summed E-state index contributed by atoms with van der Waals surface area (Å²) < 4.78 is 0.